The Kier molecular flexibility index (Phi) is 8.53. The molecular weight excluding hydrogens is 550 g/mol. The van der Waals surface area contributed by atoms with Gasteiger partial charge < -0.3 is 24.7 Å². The molecule has 0 bridgehead atoms. The fourth-order valence-corrected chi connectivity index (χ4v) is 4.71. The molecule has 0 aliphatic carbocycles. The van der Waals surface area contributed by atoms with E-state index in [2.05, 4.69) is 10.3 Å². The summed E-state index contributed by atoms with van der Waals surface area (Å²) in [5.41, 5.74) is 1.43. The predicted molar refractivity (Wildman–Crippen MR) is 136 cm³/mol. The minimum Gasteiger partial charge on any atom is -0.549 e. The van der Waals surface area contributed by atoms with Crippen LogP contribution in [0.25, 0.3) is 10.9 Å². The number of carboxylic acid groups (broad SMARTS) is 1. The van der Waals surface area contributed by atoms with Crippen LogP contribution in [0.1, 0.15) is 28.3 Å². The molecule has 182 valence electrons. The molecule has 1 amide bonds. The number of ether oxygens (including phenoxy) is 2. The molecule has 4 aromatic rings. The summed E-state index contributed by atoms with van der Waals surface area (Å²) in [6.45, 7) is 0.177. The van der Waals surface area contributed by atoms with Crippen molar-refractivity contribution >= 4 is 63.4 Å². The number of hydrogen-bond donors (Lipinski definition) is 1. The molecule has 1 atom stereocenters. The molecule has 0 radical (unpaired) electrons. The monoisotopic (exact) mass is 564 g/mol. The molecule has 7 nitrogen and oxygen atoms in total. The number of pyridine rings is 1. The normalized spacial score (nSPS) is 14.2. The topological polar surface area (TPSA) is 101 Å². The molecule has 2 heterocycles. The maximum absolute atomic E-state index is 12.7. The van der Waals surface area contributed by atoms with E-state index in [9.17, 15) is 14.7 Å². The zero-order valence-corrected chi connectivity index (χ0v) is 23.7. The number of carbonyl (C=O) groups is 2. The largest absolute Gasteiger partial charge is 1.00 e. The van der Waals surface area contributed by atoms with Crippen LogP contribution in [0.4, 0.5) is 5.82 Å². The second-order valence-electron chi connectivity index (χ2n) is 8.04. The fourth-order valence-electron chi connectivity index (χ4n) is 3.93. The molecule has 0 fully saturated rings. The summed E-state index contributed by atoms with van der Waals surface area (Å²) in [6, 6.07) is 16.6. The van der Waals surface area contributed by atoms with Crippen molar-refractivity contribution in [3.05, 3.63) is 86.9 Å². The average molecular weight is 566 g/mol. The number of rotatable bonds is 5. The molecule has 1 unspecified atom stereocenters. The third kappa shape index (κ3) is 5.82. The number of carbonyl (C=O) groups excluding carboxylic acids is 2. The quantitative estimate of drug-likeness (QED) is 0.374. The van der Waals surface area contributed by atoms with Gasteiger partial charge in [0.05, 0.1) is 17.1 Å². The van der Waals surface area contributed by atoms with Crippen molar-refractivity contribution < 1.29 is 53.7 Å². The molecule has 1 aliphatic rings. The summed E-state index contributed by atoms with van der Waals surface area (Å²) < 4.78 is 11.4. The van der Waals surface area contributed by atoms with Crippen molar-refractivity contribution in [1.29, 1.82) is 0 Å². The maximum atomic E-state index is 12.7. The smallest absolute Gasteiger partial charge is 0.549 e. The van der Waals surface area contributed by atoms with Gasteiger partial charge in [-0.15, -0.1) is 0 Å². The van der Waals surface area contributed by atoms with E-state index in [4.69, 9.17) is 44.3 Å². The van der Waals surface area contributed by atoms with Crippen LogP contribution >= 0.6 is 34.8 Å². The third-order valence-corrected chi connectivity index (χ3v) is 6.56. The first kappa shape index (κ1) is 27.5. The Morgan fingerprint density at radius 2 is 1.78 bits per heavy atom. The molecular formula is C26H16Cl3N2NaO5. The van der Waals surface area contributed by atoms with E-state index < -0.39 is 11.9 Å². The zero-order valence-electron chi connectivity index (χ0n) is 19.4. The second-order valence-corrected chi connectivity index (χ2v) is 9.26. The molecule has 1 N–H and O–H groups in total. The second kappa shape index (κ2) is 11.5. The van der Waals surface area contributed by atoms with Crippen LogP contribution in [0.3, 0.4) is 0 Å². The van der Waals surface area contributed by atoms with Crippen LogP contribution in [0.5, 0.6) is 17.2 Å². The minimum atomic E-state index is -1.22. The van der Waals surface area contributed by atoms with Gasteiger partial charge in [0.15, 0.2) is 5.75 Å². The first-order chi connectivity index (χ1) is 17.3. The standard InChI is InChI=1S/C26H17Cl3N2O5.Na/c27-15-4-7-20-14(11-15)3-8-21(30-20)31-25(32)13-1-5-16(6-2-13)36-24-19(28)12-18-17(26(33)34)9-10-35-23(18)22(24)29;/h1-8,11-12,17H,9-10H2,(H,33,34)(H,30,31,32);/q;+1/p-1. The SMILES string of the molecule is O=C(Nc1ccc2cc(Cl)ccc2n1)c1ccc(Oc2c(Cl)cc3c(c2Cl)OCCC3C(=O)[O-])cc1.[Na+]. The van der Waals surface area contributed by atoms with Gasteiger partial charge in [0, 0.05) is 33.4 Å². The van der Waals surface area contributed by atoms with E-state index in [1.54, 1.807) is 48.5 Å². The maximum Gasteiger partial charge on any atom is 1.00 e. The van der Waals surface area contributed by atoms with Crippen molar-refractivity contribution in [2.45, 2.75) is 12.3 Å². The summed E-state index contributed by atoms with van der Waals surface area (Å²) in [4.78, 5) is 28.6. The van der Waals surface area contributed by atoms with Crippen LogP contribution in [-0.4, -0.2) is 23.5 Å². The van der Waals surface area contributed by atoms with Gasteiger partial charge >= 0.3 is 29.6 Å². The van der Waals surface area contributed by atoms with Crippen LogP contribution in [0.2, 0.25) is 15.1 Å². The molecule has 11 heteroatoms. The van der Waals surface area contributed by atoms with Crippen molar-refractivity contribution in [3.63, 3.8) is 0 Å². The minimum absolute atomic E-state index is 0. The molecule has 0 saturated heterocycles. The van der Waals surface area contributed by atoms with Crippen molar-refractivity contribution in [3.8, 4) is 17.2 Å². The number of benzene rings is 3. The van der Waals surface area contributed by atoms with Crippen LogP contribution < -0.4 is 49.5 Å². The van der Waals surface area contributed by atoms with Gasteiger partial charge in [-0.3, -0.25) is 4.79 Å². The Bertz CT molecular complexity index is 1510. The number of anilines is 1. The number of halogens is 3. The van der Waals surface area contributed by atoms with Crippen LogP contribution in [0.15, 0.2) is 60.7 Å². The zero-order chi connectivity index (χ0) is 25.4. The molecule has 3 aromatic carbocycles. The summed E-state index contributed by atoms with van der Waals surface area (Å²) in [7, 11) is 0. The van der Waals surface area contributed by atoms with E-state index >= 15 is 0 Å². The average Bonchev–Trinajstić information content (AvgIpc) is 2.86. The van der Waals surface area contributed by atoms with Gasteiger partial charge in [-0.1, -0.05) is 34.8 Å². The van der Waals surface area contributed by atoms with Gasteiger partial charge in [0.1, 0.15) is 22.3 Å². The summed E-state index contributed by atoms with van der Waals surface area (Å²) >= 11 is 18.8. The number of aliphatic carboxylic acids is 1. The number of fused-ring (bicyclic) bond motifs is 2. The van der Waals surface area contributed by atoms with E-state index in [1.165, 1.54) is 6.07 Å². The van der Waals surface area contributed by atoms with E-state index in [1.807, 2.05) is 6.07 Å². The predicted octanol–water partition coefficient (Wildman–Crippen LogP) is 2.86. The molecule has 0 spiro atoms. The van der Waals surface area contributed by atoms with Gasteiger partial charge in [-0.2, -0.15) is 0 Å². The number of hydrogen-bond acceptors (Lipinski definition) is 6. The number of aromatic nitrogens is 1. The van der Waals surface area contributed by atoms with Gasteiger partial charge in [0.25, 0.3) is 5.91 Å². The fraction of sp³-hybridized carbons (Fsp3) is 0.115. The third-order valence-electron chi connectivity index (χ3n) is 5.70. The van der Waals surface area contributed by atoms with Crippen molar-refractivity contribution in [2.75, 3.05) is 11.9 Å². The van der Waals surface area contributed by atoms with E-state index in [0.29, 0.717) is 33.2 Å². The van der Waals surface area contributed by atoms with Gasteiger partial charge in [-0.05, 0) is 67.1 Å². The van der Waals surface area contributed by atoms with Gasteiger partial charge in [0.2, 0.25) is 0 Å². The first-order valence-electron chi connectivity index (χ1n) is 10.8. The van der Waals surface area contributed by atoms with Crippen LogP contribution in [-0.2, 0) is 4.79 Å². The Morgan fingerprint density at radius 1 is 1.03 bits per heavy atom. The van der Waals surface area contributed by atoms with E-state index in [0.717, 1.165) is 5.39 Å². The molecule has 1 aromatic heterocycles. The molecule has 5 rings (SSSR count). The number of amides is 1. The molecule has 0 saturated carbocycles. The summed E-state index contributed by atoms with van der Waals surface area (Å²) in [5, 5.41) is 15.9. The number of nitrogens with one attached hydrogen (secondary N) is 1. The summed E-state index contributed by atoms with van der Waals surface area (Å²) in [5.74, 6) is -1.36. The van der Waals surface area contributed by atoms with Crippen molar-refractivity contribution in [2.24, 2.45) is 0 Å². The Morgan fingerprint density at radius 3 is 2.51 bits per heavy atom. The molecule has 37 heavy (non-hydrogen) atoms. The van der Waals surface area contributed by atoms with Crippen molar-refractivity contribution in [1.82, 2.24) is 4.98 Å². The Labute approximate surface area is 248 Å². The first-order valence-corrected chi connectivity index (χ1v) is 11.9. The molecule has 1 aliphatic heterocycles. The number of nitrogens with zero attached hydrogens (tertiary/aromatic N) is 1. The summed E-state index contributed by atoms with van der Waals surface area (Å²) in [6.07, 6.45) is 0.259. The Hall–Kier alpha value is -2.52. The van der Waals surface area contributed by atoms with Gasteiger partial charge in [-0.25, -0.2) is 4.98 Å². The number of carboxylic acids is 1. The van der Waals surface area contributed by atoms with E-state index in [-0.39, 0.29) is 70.0 Å². The van der Waals surface area contributed by atoms with Crippen LogP contribution in [0, 0.1) is 0 Å². The Balaban J connectivity index is 0.00000320.